The van der Waals surface area contributed by atoms with E-state index in [2.05, 4.69) is 48.5 Å². The van der Waals surface area contributed by atoms with E-state index in [1.54, 1.807) is 0 Å². The number of rotatable bonds is 4. The third kappa shape index (κ3) is 2.34. The second-order valence-electron chi connectivity index (χ2n) is 7.64. The molecule has 130 valence electrons. The third-order valence-electron chi connectivity index (χ3n) is 6.33. The van der Waals surface area contributed by atoms with Crippen molar-refractivity contribution in [3.05, 3.63) is 82.9 Å². The smallest absolute Gasteiger partial charge is 0.342 e. The van der Waals surface area contributed by atoms with Crippen LogP contribution in [0, 0.1) is 23.7 Å². The van der Waals surface area contributed by atoms with Crippen molar-refractivity contribution in [2.75, 3.05) is 0 Å². The van der Waals surface area contributed by atoms with Crippen LogP contribution in [-0.2, 0) is 27.2 Å². The summed E-state index contributed by atoms with van der Waals surface area (Å²) in [6.45, 7) is 0. The lowest BCUT2D eigenvalue weighted by atomic mass is 9.71. The lowest BCUT2D eigenvalue weighted by Gasteiger charge is -2.31. The molecule has 0 spiro atoms. The zero-order chi connectivity index (χ0) is 17.7. The van der Waals surface area contributed by atoms with Gasteiger partial charge in [-0.05, 0) is 48.1 Å². The Morgan fingerprint density at radius 3 is 2.12 bits per heavy atom. The summed E-state index contributed by atoms with van der Waals surface area (Å²) in [6, 6.07) is 20.9. The molecular weight excluding hydrogens is 324 g/mol. The van der Waals surface area contributed by atoms with Crippen LogP contribution in [0.2, 0.25) is 0 Å². The van der Waals surface area contributed by atoms with E-state index in [1.165, 1.54) is 16.7 Å². The molecule has 0 N–H and O–H groups in total. The van der Waals surface area contributed by atoms with Gasteiger partial charge in [-0.1, -0.05) is 66.2 Å². The molecule has 3 aliphatic rings. The minimum absolute atomic E-state index is 0.202. The van der Waals surface area contributed by atoms with Gasteiger partial charge in [-0.25, -0.2) is 4.79 Å². The first kappa shape index (κ1) is 15.6. The molecule has 1 heterocycles. The zero-order valence-electron chi connectivity index (χ0n) is 14.4. The number of hydrogen-bond donors (Lipinski definition) is 0. The Balaban J connectivity index is 1.53. The molecule has 26 heavy (non-hydrogen) atoms. The second-order valence-corrected chi connectivity index (χ2v) is 7.64. The molecule has 4 atom stereocenters. The van der Waals surface area contributed by atoms with Crippen molar-refractivity contribution in [3.63, 3.8) is 0 Å². The van der Waals surface area contributed by atoms with Crippen molar-refractivity contribution < 1.29 is 14.3 Å². The highest BCUT2D eigenvalue weighted by Crippen LogP contribution is 2.58. The minimum atomic E-state index is -0.395. The molecule has 2 aromatic rings. The van der Waals surface area contributed by atoms with E-state index in [0.29, 0.717) is 17.4 Å². The average Bonchev–Trinajstić information content (AvgIpc) is 3.29. The summed E-state index contributed by atoms with van der Waals surface area (Å²) in [5.74, 6) is -0.159. The molecule has 3 heteroatoms. The Morgan fingerprint density at radius 1 is 0.846 bits per heavy atom. The number of carbonyl (C=O) groups excluding carboxylic acids is 2. The topological polar surface area (TPSA) is 43.4 Å². The Kier molecular flexibility index (Phi) is 3.56. The Labute approximate surface area is 152 Å². The predicted molar refractivity (Wildman–Crippen MR) is 97.0 cm³/mol. The molecule has 2 fully saturated rings. The summed E-state index contributed by atoms with van der Waals surface area (Å²) in [5.41, 5.74) is 4.44. The first-order chi connectivity index (χ1) is 12.7. The molecule has 0 aromatic heterocycles. The molecule has 1 aliphatic heterocycles. The van der Waals surface area contributed by atoms with Gasteiger partial charge in [0.2, 0.25) is 0 Å². The van der Waals surface area contributed by atoms with Crippen LogP contribution in [0.1, 0.15) is 17.5 Å². The van der Waals surface area contributed by atoms with Gasteiger partial charge in [-0.15, -0.1) is 0 Å². The van der Waals surface area contributed by atoms with Crippen molar-refractivity contribution in [1.82, 2.24) is 0 Å². The number of cyclic esters (lactones) is 2. The maximum Gasteiger partial charge on any atom is 0.342 e. The van der Waals surface area contributed by atoms with Gasteiger partial charge in [0.05, 0.1) is 11.5 Å². The summed E-state index contributed by atoms with van der Waals surface area (Å²) in [6.07, 6.45) is 2.73. The van der Waals surface area contributed by atoms with Crippen LogP contribution in [0.4, 0.5) is 0 Å². The van der Waals surface area contributed by atoms with Gasteiger partial charge in [0.15, 0.2) is 0 Å². The van der Waals surface area contributed by atoms with Gasteiger partial charge in [0, 0.05) is 0 Å². The van der Waals surface area contributed by atoms with E-state index < -0.39 is 5.97 Å². The van der Waals surface area contributed by atoms with Crippen molar-refractivity contribution in [2.24, 2.45) is 23.7 Å². The zero-order valence-corrected chi connectivity index (χ0v) is 14.4. The fraction of sp³-hybridized carbons (Fsp3) is 0.304. The predicted octanol–water partition coefficient (Wildman–Crippen LogP) is 3.73. The van der Waals surface area contributed by atoms with E-state index in [1.807, 2.05) is 12.1 Å². The van der Waals surface area contributed by atoms with Gasteiger partial charge in [-0.3, -0.25) is 4.79 Å². The fourth-order valence-corrected chi connectivity index (χ4v) is 5.29. The molecule has 2 aliphatic carbocycles. The number of allylic oxidation sites excluding steroid dienone is 1. The van der Waals surface area contributed by atoms with E-state index >= 15 is 0 Å². The SMILES string of the molecule is O=C1OC(=O)C2C1=C1CC2C(Cc2ccccc2)C1Cc1ccccc1. The highest BCUT2D eigenvalue weighted by atomic mass is 16.6. The number of esters is 2. The van der Waals surface area contributed by atoms with E-state index in [-0.39, 0.29) is 17.8 Å². The highest BCUT2D eigenvalue weighted by molar-refractivity contribution is 6.09. The molecule has 5 rings (SSSR count). The molecule has 0 radical (unpaired) electrons. The van der Waals surface area contributed by atoms with E-state index in [9.17, 15) is 9.59 Å². The normalized spacial score (nSPS) is 29.2. The molecule has 1 saturated carbocycles. The van der Waals surface area contributed by atoms with Crippen molar-refractivity contribution in [1.29, 1.82) is 0 Å². The van der Waals surface area contributed by atoms with Crippen LogP contribution >= 0.6 is 0 Å². The first-order valence-electron chi connectivity index (χ1n) is 9.29. The van der Waals surface area contributed by atoms with Gasteiger partial charge in [0.25, 0.3) is 0 Å². The Hall–Kier alpha value is -2.68. The largest absolute Gasteiger partial charge is 0.389 e. The van der Waals surface area contributed by atoms with Crippen LogP contribution in [0.25, 0.3) is 0 Å². The monoisotopic (exact) mass is 344 g/mol. The number of hydrogen-bond acceptors (Lipinski definition) is 3. The van der Waals surface area contributed by atoms with Gasteiger partial charge in [0.1, 0.15) is 0 Å². The summed E-state index contributed by atoms with van der Waals surface area (Å²) < 4.78 is 4.97. The maximum atomic E-state index is 12.2. The Bertz CT molecular complexity index is 898. The number of benzene rings is 2. The molecule has 0 amide bonds. The lowest BCUT2D eigenvalue weighted by Crippen LogP contribution is -2.31. The number of ether oxygens (including phenoxy) is 1. The van der Waals surface area contributed by atoms with Crippen molar-refractivity contribution >= 4 is 11.9 Å². The van der Waals surface area contributed by atoms with Crippen LogP contribution < -0.4 is 0 Å². The quantitative estimate of drug-likeness (QED) is 0.627. The second kappa shape index (κ2) is 5.94. The third-order valence-corrected chi connectivity index (χ3v) is 6.33. The molecular formula is C23H20O3. The fourth-order valence-electron chi connectivity index (χ4n) is 5.29. The Morgan fingerprint density at radius 2 is 1.46 bits per heavy atom. The summed E-state index contributed by atoms with van der Waals surface area (Å²) in [4.78, 5) is 24.5. The van der Waals surface area contributed by atoms with Gasteiger partial charge >= 0.3 is 11.9 Å². The lowest BCUT2D eigenvalue weighted by molar-refractivity contribution is -0.153. The molecule has 4 unspecified atom stereocenters. The van der Waals surface area contributed by atoms with Crippen LogP contribution in [0.3, 0.4) is 0 Å². The van der Waals surface area contributed by atoms with Gasteiger partial charge < -0.3 is 4.74 Å². The summed E-state index contributed by atoms with van der Waals surface area (Å²) in [5, 5.41) is 0. The van der Waals surface area contributed by atoms with Crippen molar-refractivity contribution in [3.8, 4) is 0 Å². The number of fused-ring (bicyclic) bond motifs is 4. The molecule has 2 aromatic carbocycles. The van der Waals surface area contributed by atoms with Crippen LogP contribution in [0.5, 0.6) is 0 Å². The number of carbonyl (C=O) groups is 2. The maximum absolute atomic E-state index is 12.2. The first-order valence-corrected chi connectivity index (χ1v) is 9.29. The molecule has 1 saturated heterocycles. The average molecular weight is 344 g/mol. The highest BCUT2D eigenvalue weighted by Gasteiger charge is 2.59. The van der Waals surface area contributed by atoms with E-state index in [0.717, 1.165) is 19.3 Å². The van der Waals surface area contributed by atoms with Crippen LogP contribution in [-0.4, -0.2) is 11.9 Å². The summed E-state index contributed by atoms with van der Waals surface area (Å²) in [7, 11) is 0. The van der Waals surface area contributed by atoms with E-state index in [4.69, 9.17) is 4.74 Å². The standard InChI is InChI=1S/C23H20O3/c24-22-20-18-13-19(21(20)23(25)26-22)17(12-15-9-5-2-6-10-15)16(18)11-14-7-3-1-4-8-14/h1-10,16-18,20H,11-13H2. The van der Waals surface area contributed by atoms with Crippen LogP contribution in [0.15, 0.2) is 71.8 Å². The summed E-state index contributed by atoms with van der Waals surface area (Å²) >= 11 is 0. The van der Waals surface area contributed by atoms with Gasteiger partial charge in [-0.2, -0.15) is 0 Å². The van der Waals surface area contributed by atoms with Crippen molar-refractivity contribution in [2.45, 2.75) is 19.3 Å². The molecule has 2 bridgehead atoms. The molecule has 3 nitrogen and oxygen atoms in total. The minimum Gasteiger partial charge on any atom is -0.389 e.